The van der Waals surface area contributed by atoms with Crippen LogP contribution in [-0.4, -0.2) is 11.0 Å². The van der Waals surface area contributed by atoms with Gasteiger partial charge in [0.2, 0.25) is 0 Å². The molecule has 3 heteroatoms. The minimum atomic E-state index is -0.618. The van der Waals surface area contributed by atoms with Gasteiger partial charge in [-0.15, -0.1) is 0 Å². The summed E-state index contributed by atoms with van der Waals surface area (Å²) in [5, 5.41) is 1.44. The standard InChI is InChI=1S/C19H13ClO2/c1-12-5-4-8-16(19(20)22)17(12)18(21)15-10-9-13-6-2-3-7-14(13)11-15/h2-11H,1H3. The molecule has 0 heterocycles. The van der Waals surface area contributed by atoms with Crippen LogP contribution in [0, 0.1) is 6.92 Å². The van der Waals surface area contributed by atoms with Gasteiger partial charge in [-0.05, 0) is 47.0 Å². The third kappa shape index (κ3) is 2.53. The molecule has 0 atom stereocenters. The molecule has 3 rings (SSSR count). The molecule has 108 valence electrons. The molecule has 0 fully saturated rings. The number of benzene rings is 3. The first-order chi connectivity index (χ1) is 10.6. The van der Waals surface area contributed by atoms with Gasteiger partial charge in [-0.3, -0.25) is 9.59 Å². The second-order valence-electron chi connectivity index (χ2n) is 5.16. The van der Waals surface area contributed by atoms with Crippen LogP contribution in [0.2, 0.25) is 0 Å². The van der Waals surface area contributed by atoms with Gasteiger partial charge in [-0.2, -0.15) is 0 Å². The first kappa shape index (κ1) is 14.5. The van der Waals surface area contributed by atoms with Crippen LogP contribution in [0.3, 0.4) is 0 Å². The fraction of sp³-hybridized carbons (Fsp3) is 0.0526. The highest BCUT2D eigenvalue weighted by Crippen LogP contribution is 2.23. The molecule has 0 aliphatic rings. The van der Waals surface area contributed by atoms with Gasteiger partial charge in [0.25, 0.3) is 5.24 Å². The Morgan fingerprint density at radius 2 is 1.59 bits per heavy atom. The number of halogens is 1. The van der Waals surface area contributed by atoms with Crippen LogP contribution in [-0.2, 0) is 0 Å². The van der Waals surface area contributed by atoms with E-state index in [1.165, 1.54) is 0 Å². The lowest BCUT2D eigenvalue weighted by atomic mass is 9.93. The van der Waals surface area contributed by atoms with Crippen molar-refractivity contribution >= 4 is 33.4 Å². The maximum atomic E-state index is 12.8. The van der Waals surface area contributed by atoms with E-state index in [0.717, 1.165) is 16.3 Å². The van der Waals surface area contributed by atoms with Crippen molar-refractivity contribution < 1.29 is 9.59 Å². The molecule has 3 aromatic rings. The number of rotatable bonds is 3. The molecule has 0 saturated carbocycles. The van der Waals surface area contributed by atoms with E-state index in [9.17, 15) is 9.59 Å². The fourth-order valence-electron chi connectivity index (χ4n) is 2.61. The number of hydrogen-bond acceptors (Lipinski definition) is 2. The average Bonchev–Trinajstić information content (AvgIpc) is 2.53. The predicted octanol–water partition coefficient (Wildman–Crippen LogP) is 4.76. The SMILES string of the molecule is Cc1cccc(C(=O)Cl)c1C(=O)c1ccc2ccccc2c1. The molecule has 0 spiro atoms. The highest BCUT2D eigenvalue weighted by atomic mass is 35.5. The second-order valence-corrected chi connectivity index (χ2v) is 5.51. The lowest BCUT2D eigenvalue weighted by molar-refractivity contribution is 0.102. The minimum Gasteiger partial charge on any atom is -0.289 e. The zero-order chi connectivity index (χ0) is 15.7. The molecule has 0 radical (unpaired) electrons. The average molecular weight is 309 g/mol. The van der Waals surface area contributed by atoms with Crippen LogP contribution in [0.25, 0.3) is 10.8 Å². The molecule has 0 bridgehead atoms. The van der Waals surface area contributed by atoms with Crippen LogP contribution >= 0.6 is 11.6 Å². The van der Waals surface area contributed by atoms with Crippen molar-refractivity contribution in [2.45, 2.75) is 6.92 Å². The number of fused-ring (bicyclic) bond motifs is 1. The number of carbonyl (C=O) groups excluding carboxylic acids is 2. The van der Waals surface area contributed by atoms with E-state index in [4.69, 9.17) is 11.6 Å². The molecular weight excluding hydrogens is 296 g/mol. The zero-order valence-corrected chi connectivity index (χ0v) is 12.7. The van der Waals surface area contributed by atoms with Gasteiger partial charge in [-0.25, -0.2) is 0 Å². The van der Waals surface area contributed by atoms with Crippen molar-refractivity contribution in [2.24, 2.45) is 0 Å². The van der Waals surface area contributed by atoms with Crippen LogP contribution < -0.4 is 0 Å². The van der Waals surface area contributed by atoms with Gasteiger partial charge in [0.1, 0.15) is 0 Å². The van der Waals surface area contributed by atoms with E-state index in [1.54, 1.807) is 31.2 Å². The summed E-state index contributed by atoms with van der Waals surface area (Å²) in [6.45, 7) is 1.80. The van der Waals surface area contributed by atoms with E-state index in [-0.39, 0.29) is 11.3 Å². The van der Waals surface area contributed by atoms with Gasteiger partial charge < -0.3 is 0 Å². The summed E-state index contributed by atoms with van der Waals surface area (Å²) in [4.78, 5) is 24.4. The summed E-state index contributed by atoms with van der Waals surface area (Å²) in [7, 11) is 0. The largest absolute Gasteiger partial charge is 0.289 e. The number of aryl methyl sites for hydroxylation is 1. The Morgan fingerprint density at radius 3 is 2.32 bits per heavy atom. The van der Waals surface area contributed by atoms with Crippen LogP contribution in [0.4, 0.5) is 0 Å². The molecule has 2 nitrogen and oxygen atoms in total. The smallest absolute Gasteiger partial charge is 0.253 e. The minimum absolute atomic E-state index is 0.187. The van der Waals surface area contributed by atoms with Gasteiger partial charge in [0.05, 0.1) is 0 Å². The highest BCUT2D eigenvalue weighted by molar-refractivity contribution is 6.68. The Hall–Kier alpha value is -2.45. The van der Waals surface area contributed by atoms with E-state index in [0.29, 0.717) is 11.1 Å². The van der Waals surface area contributed by atoms with Crippen molar-refractivity contribution in [3.8, 4) is 0 Å². The molecule has 0 aliphatic carbocycles. The molecular formula is C19H13ClO2. The lowest BCUT2D eigenvalue weighted by Crippen LogP contribution is -2.09. The second kappa shape index (κ2) is 5.74. The van der Waals surface area contributed by atoms with Crippen LogP contribution in [0.5, 0.6) is 0 Å². The molecule has 0 N–H and O–H groups in total. The molecule has 0 aliphatic heterocycles. The van der Waals surface area contributed by atoms with E-state index in [2.05, 4.69) is 0 Å². The summed E-state index contributed by atoms with van der Waals surface area (Å²) in [6, 6.07) is 18.5. The Labute approximate surface area is 133 Å². The fourth-order valence-corrected chi connectivity index (χ4v) is 2.77. The number of carbonyl (C=O) groups is 2. The Balaban J connectivity index is 2.16. The first-order valence-electron chi connectivity index (χ1n) is 6.91. The van der Waals surface area contributed by atoms with Gasteiger partial charge in [0.15, 0.2) is 5.78 Å². The maximum absolute atomic E-state index is 12.8. The number of ketones is 1. The van der Waals surface area contributed by atoms with Crippen molar-refractivity contribution in [1.82, 2.24) is 0 Å². The molecule has 0 aromatic heterocycles. The quantitative estimate of drug-likeness (QED) is 0.516. The predicted molar refractivity (Wildman–Crippen MR) is 88.7 cm³/mol. The highest BCUT2D eigenvalue weighted by Gasteiger charge is 2.19. The normalized spacial score (nSPS) is 10.6. The Bertz CT molecular complexity index is 897. The molecule has 0 unspecified atom stereocenters. The first-order valence-corrected chi connectivity index (χ1v) is 7.28. The monoisotopic (exact) mass is 308 g/mol. The summed E-state index contributed by atoms with van der Waals surface area (Å²) < 4.78 is 0. The summed E-state index contributed by atoms with van der Waals surface area (Å²) in [5.74, 6) is -0.187. The third-order valence-corrected chi connectivity index (χ3v) is 3.93. The molecule has 0 amide bonds. The zero-order valence-electron chi connectivity index (χ0n) is 12.0. The van der Waals surface area contributed by atoms with Crippen molar-refractivity contribution in [3.05, 3.63) is 82.9 Å². The van der Waals surface area contributed by atoms with Crippen LogP contribution in [0.15, 0.2) is 60.7 Å². The number of hydrogen-bond donors (Lipinski definition) is 0. The lowest BCUT2D eigenvalue weighted by Gasteiger charge is -2.09. The summed E-state index contributed by atoms with van der Waals surface area (Å²) in [5.41, 5.74) is 1.91. The topological polar surface area (TPSA) is 34.1 Å². The maximum Gasteiger partial charge on any atom is 0.253 e. The third-order valence-electron chi connectivity index (χ3n) is 3.72. The van der Waals surface area contributed by atoms with Crippen LogP contribution in [0.1, 0.15) is 31.8 Å². The summed E-state index contributed by atoms with van der Waals surface area (Å²) in [6.07, 6.45) is 0. The Morgan fingerprint density at radius 1 is 0.864 bits per heavy atom. The van der Waals surface area contributed by atoms with Crippen molar-refractivity contribution in [2.75, 3.05) is 0 Å². The molecule has 22 heavy (non-hydrogen) atoms. The van der Waals surface area contributed by atoms with Gasteiger partial charge >= 0.3 is 0 Å². The molecule has 0 saturated heterocycles. The van der Waals surface area contributed by atoms with Crippen molar-refractivity contribution in [3.63, 3.8) is 0 Å². The van der Waals surface area contributed by atoms with Gasteiger partial charge in [0, 0.05) is 16.7 Å². The molecule has 3 aromatic carbocycles. The Kier molecular flexibility index (Phi) is 3.78. The van der Waals surface area contributed by atoms with Crippen molar-refractivity contribution in [1.29, 1.82) is 0 Å². The summed E-state index contributed by atoms with van der Waals surface area (Å²) >= 11 is 5.62. The van der Waals surface area contributed by atoms with E-state index >= 15 is 0 Å². The van der Waals surface area contributed by atoms with Gasteiger partial charge in [-0.1, -0.05) is 48.5 Å². The van der Waals surface area contributed by atoms with E-state index < -0.39 is 5.24 Å². The van der Waals surface area contributed by atoms with E-state index in [1.807, 2.05) is 36.4 Å².